The van der Waals surface area contributed by atoms with Crippen LogP contribution in [0.25, 0.3) is 0 Å². The van der Waals surface area contributed by atoms with Gasteiger partial charge >= 0.3 is 11.9 Å². The third kappa shape index (κ3) is 9.94. The van der Waals surface area contributed by atoms with Crippen molar-refractivity contribution >= 4 is 29.7 Å². The third-order valence-electron chi connectivity index (χ3n) is 5.55. The van der Waals surface area contributed by atoms with E-state index in [0.717, 1.165) is 0 Å². The second kappa shape index (κ2) is 14.3. The van der Waals surface area contributed by atoms with Crippen LogP contribution in [0.1, 0.15) is 17.5 Å². The van der Waals surface area contributed by atoms with Crippen molar-refractivity contribution in [3.63, 3.8) is 0 Å². The Morgan fingerprint density at radius 1 is 0.667 bits per heavy atom. The molecule has 0 radical (unpaired) electrons. The van der Waals surface area contributed by atoms with Gasteiger partial charge in [0.15, 0.2) is 0 Å². The molecule has 0 bridgehead atoms. The second-order valence-corrected chi connectivity index (χ2v) is 8.65. The second-order valence-electron chi connectivity index (χ2n) is 8.65. The number of nitrogens with one attached hydrogen (secondary N) is 3. The molecule has 10 N–H and O–H groups in total. The summed E-state index contributed by atoms with van der Waals surface area (Å²) in [5.74, 6) is -5.95. The minimum absolute atomic E-state index is 0.00675. The third-order valence-corrected chi connectivity index (χ3v) is 5.55. The molecule has 2 aromatic carbocycles. The average Bonchev–Trinajstić information content (AvgIpc) is 2.88. The first-order valence-corrected chi connectivity index (χ1v) is 11.7. The Morgan fingerprint density at radius 2 is 1.10 bits per heavy atom. The van der Waals surface area contributed by atoms with E-state index in [0.29, 0.717) is 11.1 Å². The lowest BCUT2D eigenvalue weighted by Crippen LogP contribution is -2.58. The number of carbonyl (C=O) groups is 5. The van der Waals surface area contributed by atoms with E-state index in [1.807, 2.05) is 0 Å². The number of amides is 3. The fourth-order valence-electron chi connectivity index (χ4n) is 3.45. The van der Waals surface area contributed by atoms with Gasteiger partial charge in [0, 0.05) is 6.42 Å². The maximum absolute atomic E-state index is 12.8. The molecule has 0 saturated heterocycles. The molecule has 0 fully saturated rings. The zero-order chi connectivity index (χ0) is 29.1. The Labute approximate surface area is 222 Å². The summed E-state index contributed by atoms with van der Waals surface area (Å²) in [6.07, 6.45) is -1.04. The fourth-order valence-corrected chi connectivity index (χ4v) is 3.45. The van der Waals surface area contributed by atoms with Gasteiger partial charge in [-0.3, -0.25) is 19.2 Å². The summed E-state index contributed by atoms with van der Waals surface area (Å²) in [5, 5.41) is 53.5. The van der Waals surface area contributed by atoms with Crippen LogP contribution in [0.15, 0.2) is 48.5 Å². The number of benzene rings is 2. The molecular weight excluding hydrogens is 516 g/mol. The van der Waals surface area contributed by atoms with Crippen molar-refractivity contribution in [1.82, 2.24) is 16.0 Å². The molecule has 2 aromatic rings. The Hall–Kier alpha value is -4.69. The van der Waals surface area contributed by atoms with Gasteiger partial charge in [0.05, 0.1) is 19.1 Å². The summed E-state index contributed by atoms with van der Waals surface area (Å²) in [7, 11) is 0. The molecule has 0 aromatic heterocycles. The summed E-state index contributed by atoms with van der Waals surface area (Å²) >= 11 is 0. The smallest absolute Gasteiger partial charge is 0.326 e. The van der Waals surface area contributed by atoms with Gasteiger partial charge in [-0.05, 0) is 41.8 Å². The summed E-state index contributed by atoms with van der Waals surface area (Å²) in [5.41, 5.74) is 6.93. The molecule has 0 aliphatic rings. The standard InChI is InChI=1S/C25H30N4O10/c26-17(9-13-1-5-15(31)6-2-13)22(35)27-18(11-21(33)34)23(36)29-20(12-30)24(37)28-19(25(38)39)10-14-3-7-16(32)8-4-14/h1-8,17-20,30-32H,9-12,26H2,(H,27,35)(H,28,37)(H,29,36)(H,33,34)(H,38,39). The van der Waals surface area contributed by atoms with Crippen LogP contribution in [0.4, 0.5) is 0 Å². The highest BCUT2D eigenvalue weighted by atomic mass is 16.4. The fraction of sp³-hybridized carbons (Fsp3) is 0.320. The van der Waals surface area contributed by atoms with Crippen LogP contribution >= 0.6 is 0 Å². The lowest BCUT2D eigenvalue weighted by molar-refractivity contribution is -0.143. The van der Waals surface area contributed by atoms with Gasteiger partial charge < -0.3 is 47.2 Å². The Bertz CT molecular complexity index is 1170. The summed E-state index contributed by atoms with van der Waals surface area (Å²) in [6.45, 7) is -0.961. The molecule has 0 spiro atoms. The van der Waals surface area contributed by atoms with E-state index in [-0.39, 0.29) is 24.3 Å². The first-order valence-electron chi connectivity index (χ1n) is 11.7. The minimum Gasteiger partial charge on any atom is -0.508 e. The van der Waals surface area contributed by atoms with Crippen molar-refractivity contribution in [3.8, 4) is 11.5 Å². The van der Waals surface area contributed by atoms with E-state index in [9.17, 15) is 49.5 Å². The van der Waals surface area contributed by atoms with Crippen LogP contribution in [-0.4, -0.2) is 86.0 Å². The first kappa shape index (κ1) is 30.5. The lowest BCUT2D eigenvalue weighted by Gasteiger charge is -2.23. The number of aromatic hydroxyl groups is 2. The summed E-state index contributed by atoms with van der Waals surface area (Å²) in [6, 6.07) is 5.42. The van der Waals surface area contributed by atoms with Gasteiger partial charge in [-0.2, -0.15) is 0 Å². The highest BCUT2D eigenvalue weighted by Gasteiger charge is 2.31. The van der Waals surface area contributed by atoms with Crippen LogP contribution < -0.4 is 21.7 Å². The number of hydrogen-bond donors (Lipinski definition) is 9. The van der Waals surface area contributed by atoms with Crippen LogP contribution in [0.5, 0.6) is 11.5 Å². The van der Waals surface area contributed by atoms with E-state index in [4.69, 9.17) is 5.73 Å². The number of nitrogens with two attached hydrogens (primary N) is 1. The molecule has 14 nitrogen and oxygen atoms in total. The van der Waals surface area contributed by atoms with Crippen molar-refractivity contribution in [3.05, 3.63) is 59.7 Å². The first-order chi connectivity index (χ1) is 18.4. The average molecular weight is 547 g/mol. The molecule has 210 valence electrons. The van der Waals surface area contributed by atoms with Crippen LogP contribution in [0.3, 0.4) is 0 Å². The number of phenolic OH excluding ortho intramolecular Hbond substituents is 2. The van der Waals surface area contributed by atoms with Crippen molar-refractivity contribution in [2.45, 2.75) is 43.4 Å². The molecule has 14 heteroatoms. The van der Waals surface area contributed by atoms with Gasteiger partial charge in [-0.15, -0.1) is 0 Å². The Kier molecular flexibility index (Phi) is 11.2. The topological polar surface area (TPSA) is 249 Å². The van der Waals surface area contributed by atoms with Crippen molar-refractivity contribution < 1.29 is 49.5 Å². The Balaban J connectivity index is 2.05. The predicted octanol–water partition coefficient (Wildman–Crippen LogP) is -1.78. The van der Waals surface area contributed by atoms with Crippen LogP contribution in [0, 0.1) is 0 Å². The van der Waals surface area contributed by atoms with E-state index in [1.54, 1.807) is 0 Å². The van der Waals surface area contributed by atoms with Crippen LogP contribution in [-0.2, 0) is 36.8 Å². The molecule has 39 heavy (non-hydrogen) atoms. The predicted molar refractivity (Wildman–Crippen MR) is 134 cm³/mol. The molecule has 0 aliphatic carbocycles. The van der Waals surface area contributed by atoms with Crippen LogP contribution in [0.2, 0.25) is 0 Å². The minimum atomic E-state index is -1.67. The quantitative estimate of drug-likeness (QED) is 0.128. The Morgan fingerprint density at radius 3 is 1.56 bits per heavy atom. The highest BCUT2D eigenvalue weighted by molar-refractivity contribution is 5.95. The molecule has 3 amide bonds. The number of phenols is 2. The number of carboxylic acid groups (broad SMARTS) is 2. The van der Waals surface area contributed by atoms with Crippen molar-refractivity contribution in [2.75, 3.05) is 6.61 Å². The zero-order valence-electron chi connectivity index (χ0n) is 20.6. The van der Waals surface area contributed by atoms with Crippen molar-refractivity contribution in [1.29, 1.82) is 0 Å². The maximum Gasteiger partial charge on any atom is 0.326 e. The zero-order valence-corrected chi connectivity index (χ0v) is 20.6. The lowest BCUT2D eigenvalue weighted by atomic mass is 10.0. The van der Waals surface area contributed by atoms with Gasteiger partial charge in [-0.25, -0.2) is 4.79 Å². The number of aliphatic carboxylic acids is 2. The largest absolute Gasteiger partial charge is 0.508 e. The van der Waals surface area contributed by atoms with E-state index < -0.39 is 66.9 Å². The number of carbonyl (C=O) groups excluding carboxylic acids is 3. The molecule has 4 atom stereocenters. The van der Waals surface area contributed by atoms with Crippen molar-refractivity contribution in [2.24, 2.45) is 5.73 Å². The SMILES string of the molecule is NC(Cc1ccc(O)cc1)C(=O)NC(CC(=O)O)C(=O)NC(CO)C(=O)NC(Cc1ccc(O)cc1)C(=O)O. The molecule has 0 saturated carbocycles. The summed E-state index contributed by atoms with van der Waals surface area (Å²) in [4.78, 5) is 60.9. The van der Waals surface area contributed by atoms with E-state index in [1.165, 1.54) is 48.5 Å². The van der Waals surface area contributed by atoms with Gasteiger partial charge in [-0.1, -0.05) is 24.3 Å². The monoisotopic (exact) mass is 546 g/mol. The van der Waals surface area contributed by atoms with Gasteiger partial charge in [0.25, 0.3) is 0 Å². The normalized spacial score (nSPS) is 13.8. The highest BCUT2D eigenvalue weighted by Crippen LogP contribution is 2.12. The van der Waals surface area contributed by atoms with Gasteiger partial charge in [0.2, 0.25) is 17.7 Å². The molecule has 2 rings (SSSR count). The molecule has 0 aliphatic heterocycles. The number of aliphatic hydroxyl groups excluding tert-OH is 1. The molecule has 4 unspecified atom stereocenters. The summed E-state index contributed by atoms with van der Waals surface area (Å²) < 4.78 is 0. The van der Waals surface area contributed by atoms with E-state index >= 15 is 0 Å². The molecule has 0 heterocycles. The number of aliphatic hydroxyl groups is 1. The number of rotatable bonds is 14. The maximum atomic E-state index is 12.8. The molecular formula is C25H30N4O10. The van der Waals surface area contributed by atoms with Gasteiger partial charge in [0.1, 0.15) is 29.6 Å². The number of hydrogen-bond acceptors (Lipinski definition) is 9. The number of carboxylic acids is 2. The van der Waals surface area contributed by atoms with E-state index in [2.05, 4.69) is 16.0 Å².